The van der Waals surface area contributed by atoms with Crippen LogP contribution in [-0.4, -0.2) is 16.7 Å². The maximum Gasteiger partial charge on any atom is 0.244 e. The van der Waals surface area contributed by atoms with Gasteiger partial charge in [0, 0.05) is 0 Å². The normalized spacial score (nSPS) is 11.5. The molecule has 0 saturated carbocycles. The summed E-state index contributed by atoms with van der Waals surface area (Å²) in [5.74, 6) is 0.152. The Morgan fingerprint density at radius 2 is 1.67 bits per heavy atom. The van der Waals surface area contributed by atoms with Crippen molar-refractivity contribution in [2.24, 2.45) is 5.10 Å². The smallest absolute Gasteiger partial charge is 0.244 e. The van der Waals surface area contributed by atoms with Gasteiger partial charge in [0.1, 0.15) is 5.75 Å². The number of nitrogens with one attached hydrogen (secondary N) is 1. The number of rotatable bonds is 4. The van der Waals surface area contributed by atoms with Gasteiger partial charge < -0.3 is 5.11 Å². The number of hydrogen-bond acceptors (Lipinski definition) is 3. The Kier molecular flexibility index (Phi) is 5.39. The largest absolute Gasteiger partial charge is 0.507 e. The lowest BCUT2D eigenvalue weighted by Gasteiger charge is -2.09. The molecule has 0 unspecified atom stereocenters. The zero-order valence-electron chi connectivity index (χ0n) is 14.9. The lowest BCUT2D eigenvalue weighted by molar-refractivity contribution is -0.120. The highest BCUT2D eigenvalue weighted by Gasteiger charge is 2.08. The van der Waals surface area contributed by atoms with Gasteiger partial charge in [0.2, 0.25) is 5.91 Å². The molecule has 0 heterocycles. The molecule has 0 aliphatic heterocycles. The summed E-state index contributed by atoms with van der Waals surface area (Å²) in [6.45, 7) is 9.57. The monoisotopic (exact) mass is 324 g/mol. The molecular formula is C20H24N2O2. The molecule has 0 saturated heterocycles. The molecule has 2 rings (SSSR count). The summed E-state index contributed by atoms with van der Waals surface area (Å²) in [7, 11) is 0. The van der Waals surface area contributed by atoms with Crippen LogP contribution in [0.5, 0.6) is 5.75 Å². The van der Waals surface area contributed by atoms with E-state index in [9.17, 15) is 9.90 Å². The van der Waals surface area contributed by atoms with E-state index in [-0.39, 0.29) is 5.91 Å². The van der Waals surface area contributed by atoms with Crippen LogP contribution in [-0.2, 0) is 11.2 Å². The average molecular weight is 324 g/mol. The van der Waals surface area contributed by atoms with Crippen molar-refractivity contribution in [2.45, 2.75) is 41.0 Å². The molecule has 2 N–H and O–H groups in total. The fourth-order valence-corrected chi connectivity index (χ4v) is 2.63. The van der Waals surface area contributed by atoms with Crippen LogP contribution in [0.25, 0.3) is 0 Å². The van der Waals surface area contributed by atoms with Crippen LogP contribution in [0.15, 0.2) is 35.4 Å². The van der Waals surface area contributed by atoms with Crippen LogP contribution in [0.2, 0.25) is 0 Å². The van der Waals surface area contributed by atoms with Gasteiger partial charge in [-0.1, -0.05) is 23.8 Å². The molecule has 0 aliphatic carbocycles. The van der Waals surface area contributed by atoms with E-state index in [0.717, 1.165) is 27.8 Å². The van der Waals surface area contributed by atoms with Gasteiger partial charge in [-0.05, 0) is 74.6 Å². The fourth-order valence-electron chi connectivity index (χ4n) is 2.63. The first-order valence-electron chi connectivity index (χ1n) is 7.97. The molecule has 1 amide bonds. The lowest BCUT2D eigenvalue weighted by atomic mass is 10.0. The topological polar surface area (TPSA) is 61.7 Å². The summed E-state index contributed by atoms with van der Waals surface area (Å²) in [4.78, 5) is 12.1. The molecule has 0 bridgehead atoms. The van der Waals surface area contributed by atoms with Gasteiger partial charge in [-0.2, -0.15) is 5.10 Å². The van der Waals surface area contributed by atoms with Gasteiger partial charge >= 0.3 is 0 Å². The summed E-state index contributed by atoms with van der Waals surface area (Å²) < 4.78 is 0. The molecule has 0 radical (unpaired) electrons. The summed E-state index contributed by atoms with van der Waals surface area (Å²) >= 11 is 0. The van der Waals surface area contributed by atoms with Crippen molar-refractivity contribution in [3.8, 4) is 5.75 Å². The highest BCUT2D eigenvalue weighted by Crippen LogP contribution is 2.23. The zero-order chi connectivity index (χ0) is 17.9. The molecule has 4 nitrogen and oxygen atoms in total. The third-order valence-electron chi connectivity index (χ3n) is 4.11. The number of phenols is 1. The van der Waals surface area contributed by atoms with Crippen LogP contribution in [0.4, 0.5) is 0 Å². The molecule has 0 spiro atoms. The summed E-state index contributed by atoms with van der Waals surface area (Å²) in [5.41, 5.74) is 9.08. The number of nitrogens with zero attached hydrogens (tertiary/aromatic N) is 1. The number of carbonyl (C=O) groups is 1. The minimum absolute atomic E-state index is 0.145. The van der Waals surface area contributed by atoms with Crippen molar-refractivity contribution in [2.75, 3.05) is 0 Å². The highest BCUT2D eigenvalue weighted by atomic mass is 16.3. The van der Waals surface area contributed by atoms with Crippen LogP contribution < -0.4 is 5.43 Å². The van der Waals surface area contributed by atoms with E-state index in [4.69, 9.17) is 0 Å². The quantitative estimate of drug-likeness (QED) is 0.665. The summed E-state index contributed by atoms with van der Waals surface area (Å²) in [5, 5.41) is 14.0. The SMILES string of the molecule is C/C(=N\NC(=O)Cc1ccc(C)cc1C)c1cc(C)c(O)c(C)c1. The van der Waals surface area contributed by atoms with Gasteiger partial charge in [-0.3, -0.25) is 4.79 Å². The van der Waals surface area contributed by atoms with Crippen molar-refractivity contribution >= 4 is 11.6 Å². The average Bonchev–Trinajstić information content (AvgIpc) is 2.52. The van der Waals surface area contributed by atoms with Gasteiger partial charge in [-0.15, -0.1) is 0 Å². The molecule has 24 heavy (non-hydrogen) atoms. The zero-order valence-corrected chi connectivity index (χ0v) is 14.9. The highest BCUT2D eigenvalue weighted by molar-refractivity contribution is 5.99. The Hall–Kier alpha value is -2.62. The Morgan fingerprint density at radius 1 is 1.04 bits per heavy atom. The van der Waals surface area contributed by atoms with E-state index in [1.54, 1.807) is 0 Å². The van der Waals surface area contributed by atoms with Crippen molar-refractivity contribution < 1.29 is 9.90 Å². The molecule has 0 aromatic heterocycles. The molecule has 0 atom stereocenters. The maximum absolute atomic E-state index is 12.1. The first kappa shape index (κ1) is 17.7. The lowest BCUT2D eigenvalue weighted by Crippen LogP contribution is -2.21. The first-order valence-corrected chi connectivity index (χ1v) is 7.97. The molecule has 4 heteroatoms. The molecule has 0 aliphatic rings. The van der Waals surface area contributed by atoms with Gasteiger partial charge in [0.25, 0.3) is 0 Å². The Balaban J connectivity index is 2.08. The van der Waals surface area contributed by atoms with Gasteiger partial charge in [-0.25, -0.2) is 5.43 Å². The van der Waals surface area contributed by atoms with Gasteiger partial charge in [0.15, 0.2) is 0 Å². The van der Waals surface area contributed by atoms with Crippen molar-refractivity contribution in [3.63, 3.8) is 0 Å². The fraction of sp³-hybridized carbons (Fsp3) is 0.300. The van der Waals surface area contributed by atoms with E-state index >= 15 is 0 Å². The number of hydrogen-bond donors (Lipinski definition) is 2. The van der Waals surface area contributed by atoms with Crippen LogP contribution >= 0.6 is 0 Å². The Labute approximate surface area is 143 Å². The maximum atomic E-state index is 12.1. The Bertz CT molecular complexity index is 784. The van der Waals surface area contributed by atoms with Crippen molar-refractivity contribution in [1.82, 2.24) is 5.43 Å². The predicted molar refractivity (Wildman–Crippen MR) is 97.6 cm³/mol. The third kappa shape index (κ3) is 4.22. The third-order valence-corrected chi connectivity index (χ3v) is 4.11. The first-order chi connectivity index (χ1) is 11.3. The van der Waals surface area contributed by atoms with Crippen LogP contribution in [0, 0.1) is 27.7 Å². The second-order valence-electron chi connectivity index (χ2n) is 6.30. The van der Waals surface area contributed by atoms with Crippen molar-refractivity contribution in [3.05, 3.63) is 63.7 Å². The van der Waals surface area contributed by atoms with E-state index < -0.39 is 0 Å². The summed E-state index contributed by atoms with van der Waals surface area (Å²) in [6, 6.07) is 9.77. The van der Waals surface area contributed by atoms with E-state index in [1.807, 2.05) is 58.9 Å². The van der Waals surface area contributed by atoms with Crippen molar-refractivity contribution in [1.29, 1.82) is 0 Å². The number of phenolic OH excluding ortho intramolecular Hbond substituents is 1. The van der Waals surface area contributed by atoms with Crippen LogP contribution in [0.1, 0.15) is 40.3 Å². The molecular weight excluding hydrogens is 300 g/mol. The van der Waals surface area contributed by atoms with E-state index in [1.165, 1.54) is 5.56 Å². The van der Waals surface area contributed by atoms with Gasteiger partial charge in [0.05, 0.1) is 12.1 Å². The molecule has 2 aromatic carbocycles. The molecule has 0 fully saturated rings. The second kappa shape index (κ2) is 7.30. The number of amides is 1. The number of hydrazone groups is 1. The minimum Gasteiger partial charge on any atom is -0.507 e. The molecule has 2 aromatic rings. The molecule has 126 valence electrons. The standard InChI is InChI=1S/C20H24N2O2/c1-12-6-7-17(13(2)8-12)11-19(23)22-21-16(5)18-9-14(3)20(24)15(4)10-18/h6-10,24H,11H2,1-5H3,(H,22,23)/b21-16+. The summed E-state index contributed by atoms with van der Waals surface area (Å²) in [6.07, 6.45) is 0.302. The predicted octanol–water partition coefficient (Wildman–Crippen LogP) is 3.71. The number of aromatic hydroxyl groups is 1. The van der Waals surface area contributed by atoms with E-state index in [2.05, 4.69) is 16.6 Å². The van der Waals surface area contributed by atoms with Crippen LogP contribution in [0.3, 0.4) is 0 Å². The van der Waals surface area contributed by atoms with E-state index in [0.29, 0.717) is 17.9 Å². The second-order valence-corrected chi connectivity index (χ2v) is 6.30. The number of aryl methyl sites for hydroxylation is 4. The minimum atomic E-state index is -0.145. The Morgan fingerprint density at radius 3 is 2.25 bits per heavy atom. The number of carbonyl (C=O) groups excluding carboxylic acids is 1. The number of benzene rings is 2.